The number of carbonyl (C=O) groups is 1. The number of aliphatic hydroxyl groups is 1. The number of β-amino-alcohol motifs (C(OH)–C–C–N with tert-alkyl or cyclic N) is 1. The Hall–Kier alpha value is -3.51. The lowest BCUT2D eigenvalue weighted by Crippen LogP contribution is -2.49. The van der Waals surface area contributed by atoms with Gasteiger partial charge in [0.2, 0.25) is 0 Å². The lowest BCUT2D eigenvalue weighted by Gasteiger charge is -2.37. The van der Waals surface area contributed by atoms with Crippen LogP contribution in [0, 0.1) is 11.6 Å². The quantitative estimate of drug-likeness (QED) is 0.489. The first-order valence-corrected chi connectivity index (χ1v) is 11.5. The highest BCUT2D eigenvalue weighted by Gasteiger charge is 2.37. The van der Waals surface area contributed by atoms with E-state index in [0.29, 0.717) is 48.3 Å². The van der Waals surface area contributed by atoms with Gasteiger partial charge in [0.25, 0.3) is 0 Å². The van der Waals surface area contributed by atoms with Gasteiger partial charge in [-0.25, -0.2) is 22.9 Å². The number of urea groups is 1. The molecule has 5 rings (SSSR count). The summed E-state index contributed by atoms with van der Waals surface area (Å²) in [5.41, 5.74) is 1.85. The average molecular weight is 505 g/mol. The Morgan fingerprint density at radius 3 is 2.42 bits per heavy atom. The third-order valence-electron chi connectivity index (χ3n) is 6.58. The number of fused-ring (bicyclic) bond motifs is 3. The van der Waals surface area contributed by atoms with Crippen molar-refractivity contribution >= 4 is 28.4 Å². The molecular weight excluding hydrogens is 479 g/mol. The van der Waals surface area contributed by atoms with Crippen molar-refractivity contribution < 1.29 is 32.5 Å². The molecule has 0 unspecified atom stereocenters. The number of halogens is 3. The number of aliphatic hydroxyl groups excluding tert-OH is 1. The van der Waals surface area contributed by atoms with Gasteiger partial charge in [0.15, 0.2) is 23.1 Å². The van der Waals surface area contributed by atoms with Crippen LogP contribution in [0.25, 0.3) is 11.0 Å². The second-order valence-electron chi connectivity index (χ2n) is 8.80. The number of H-pyrrole nitrogens is 1. The maximum atomic E-state index is 15.2. The molecule has 2 amide bonds. The number of ether oxygens (including phenoxy) is 2. The summed E-state index contributed by atoms with van der Waals surface area (Å²) < 4.78 is 53.6. The minimum absolute atomic E-state index is 0.0992. The maximum absolute atomic E-state index is 15.2. The Kier molecular flexibility index (Phi) is 6.39. The van der Waals surface area contributed by atoms with E-state index < -0.39 is 29.5 Å². The van der Waals surface area contributed by atoms with Gasteiger partial charge in [0.05, 0.1) is 39.6 Å². The lowest BCUT2D eigenvalue weighted by atomic mass is 10.1. The van der Waals surface area contributed by atoms with E-state index in [1.54, 1.807) is 0 Å². The number of aromatic amines is 1. The summed E-state index contributed by atoms with van der Waals surface area (Å²) in [5.74, 6) is -2.64. The zero-order valence-electron chi connectivity index (χ0n) is 19.9. The Morgan fingerprint density at radius 2 is 1.81 bits per heavy atom. The molecule has 9 nitrogen and oxygen atoms in total. The Labute approximate surface area is 205 Å². The third kappa shape index (κ3) is 3.99. The number of nitrogens with one attached hydrogen (secondary N) is 1. The molecule has 0 bridgehead atoms. The molecule has 4 heterocycles. The molecule has 2 aromatic heterocycles. The predicted octanol–water partition coefficient (Wildman–Crippen LogP) is 2.99. The van der Waals surface area contributed by atoms with Crippen molar-refractivity contribution in [1.29, 1.82) is 0 Å². The zero-order valence-corrected chi connectivity index (χ0v) is 19.9. The number of benzene rings is 1. The summed E-state index contributed by atoms with van der Waals surface area (Å²) in [4.78, 5) is 25.5. The fourth-order valence-corrected chi connectivity index (χ4v) is 4.77. The summed E-state index contributed by atoms with van der Waals surface area (Å²) in [6.45, 7) is 0.896. The number of carbonyl (C=O) groups excluding carboxylic acids is 1. The van der Waals surface area contributed by atoms with Gasteiger partial charge in [-0.1, -0.05) is 0 Å². The molecule has 0 saturated carbocycles. The number of rotatable bonds is 8. The van der Waals surface area contributed by atoms with Crippen molar-refractivity contribution in [3.05, 3.63) is 41.2 Å². The van der Waals surface area contributed by atoms with Gasteiger partial charge < -0.3 is 19.6 Å². The first-order chi connectivity index (χ1) is 17.4. The standard InChI is InChI=1S/C24H26F3N5O4/c1-35-17-8-18(36-2)20(27)22(19(17)26)32-10-13-9-28-23-16(21(13)31(5-6-33)24(32)34)7-15(29-23)3-4-30-11-14(25)12-30/h7-9,14,33H,3-6,10-12H2,1-2H3,(H,28,29). The van der Waals surface area contributed by atoms with Crippen LogP contribution in [-0.2, 0) is 13.0 Å². The summed E-state index contributed by atoms with van der Waals surface area (Å²) in [6, 6.07) is 2.23. The number of pyridine rings is 1. The topological polar surface area (TPSA) is 94.2 Å². The zero-order chi connectivity index (χ0) is 25.6. The SMILES string of the molecule is COc1cc(OC)c(F)c(N2Cc3cnc4[nH]c(CCN5CC(F)C5)cc4c3N(CCO)C2=O)c1F. The second-order valence-corrected chi connectivity index (χ2v) is 8.80. The van der Waals surface area contributed by atoms with Crippen LogP contribution in [-0.4, -0.2) is 79.2 Å². The largest absolute Gasteiger partial charge is 0.493 e. The molecule has 2 aliphatic heterocycles. The molecule has 3 aromatic rings. The van der Waals surface area contributed by atoms with Gasteiger partial charge in [-0.05, 0) is 6.07 Å². The Balaban J connectivity index is 1.55. The molecule has 192 valence electrons. The summed E-state index contributed by atoms with van der Waals surface area (Å²) in [5, 5.41) is 10.4. The van der Waals surface area contributed by atoms with Crippen LogP contribution in [0.2, 0.25) is 0 Å². The minimum Gasteiger partial charge on any atom is -0.493 e. The molecule has 0 atom stereocenters. The molecule has 12 heteroatoms. The van der Waals surface area contributed by atoms with Gasteiger partial charge >= 0.3 is 6.03 Å². The molecule has 1 fully saturated rings. The predicted molar refractivity (Wildman–Crippen MR) is 127 cm³/mol. The van der Waals surface area contributed by atoms with Crippen molar-refractivity contribution in [3.8, 4) is 11.5 Å². The molecule has 1 saturated heterocycles. The molecule has 0 spiro atoms. The van der Waals surface area contributed by atoms with E-state index >= 15 is 8.78 Å². The van der Waals surface area contributed by atoms with Crippen molar-refractivity contribution in [1.82, 2.24) is 14.9 Å². The number of hydrogen-bond acceptors (Lipinski definition) is 6. The van der Waals surface area contributed by atoms with Crippen LogP contribution >= 0.6 is 0 Å². The third-order valence-corrected chi connectivity index (χ3v) is 6.58. The number of likely N-dealkylation sites (tertiary alicyclic amines) is 1. The number of aromatic nitrogens is 2. The van der Waals surface area contributed by atoms with E-state index in [0.717, 1.165) is 16.7 Å². The highest BCUT2D eigenvalue weighted by molar-refractivity contribution is 6.11. The van der Waals surface area contributed by atoms with Crippen molar-refractivity contribution in [2.45, 2.75) is 19.1 Å². The van der Waals surface area contributed by atoms with Gasteiger partial charge in [0.1, 0.15) is 17.5 Å². The van der Waals surface area contributed by atoms with Crippen LogP contribution in [0.3, 0.4) is 0 Å². The smallest absolute Gasteiger partial charge is 0.329 e. The van der Waals surface area contributed by atoms with Gasteiger partial charge in [-0.15, -0.1) is 0 Å². The summed E-state index contributed by atoms with van der Waals surface area (Å²) in [6.07, 6.45) is 1.40. The average Bonchev–Trinajstić information content (AvgIpc) is 3.27. The Morgan fingerprint density at radius 1 is 1.11 bits per heavy atom. The fraction of sp³-hybridized carbons (Fsp3) is 0.417. The van der Waals surface area contributed by atoms with E-state index in [1.165, 1.54) is 25.3 Å². The van der Waals surface area contributed by atoms with E-state index in [4.69, 9.17) is 9.47 Å². The highest BCUT2D eigenvalue weighted by atomic mass is 19.1. The van der Waals surface area contributed by atoms with E-state index in [2.05, 4.69) is 9.97 Å². The van der Waals surface area contributed by atoms with Crippen molar-refractivity contribution in [2.75, 3.05) is 56.8 Å². The molecule has 36 heavy (non-hydrogen) atoms. The number of anilines is 2. The monoisotopic (exact) mass is 505 g/mol. The number of hydrogen-bond donors (Lipinski definition) is 2. The number of methoxy groups -OCH3 is 2. The van der Waals surface area contributed by atoms with Crippen LogP contribution in [0.15, 0.2) is 18.3 Å². The van der Waals surface area contributed by atoms with E-state index in [-0.39, 0.29) is 31.2 Å². The van der Waals surface area contributed by atoms with Gasteiger partial charge in [-0.2, -0.15) is 0 Å². The number of alkyl halides is 1. The van der Waals surface area contributed by atoms with Crippen LogP contribution in [0.5, 0.6) is 11.5 Å². The highest BCUT2D eigenvalue weighted by Crippen LogP contribution is 2.42. The normalized spacial score (nSPS) is 16.4. The van der Waals surface area contributed by atoms with Crippen LogP contribution < -0.4 is 19.3 Å². The first-order valence-electron chi connectivity index (χ1n) is 11.5. The molecule has 2 N–H and O–H groups in total. The van der Waals surface area contributed by atoms with Crippen molar-refractivity contribution in [2.24, 2.45) is 0 Å². The summed E-state index contributed by atoms with van der Waals surface area (Å²) in [7, 11) is 2.46. The van der Waals surface area contributed by atoms with Gasteiger partial charge in [-0.3, -0.25) is 14.7 Å². The second kappa shape index (κ2) is 9.51. The Bertz CT molecular complexity index is 1280. The summed E-state index contributed by atoms with van der Waals surface area (Å²) >= 11 is 0. The fourth-order valence-electron chi connectivity index (χ4n) is 4.77. The molecular formula is C24H26F3N5O4. The first kappa shape index (κ1) is 24.2. The molecule has 1 aromatic carbocycles. The molecule has 2 aliphatic rings. The van der Waals surface area contributed by atoms with Crippen LogP contribution in [0.1, 0.15) is 11.3 Å². The molecule has 0 aliphatic carbocycles. The van der Waals surface area contributed by atoms with Crippen molar-refractivity contribution in [3.63, 3.8) is 0 Å². The van der Waals surface area contributed by atoms with E-state index in [9.17, 15) is 14.3 Å². The molecule has 0 radical (unpaired) electrons. The maximum Gasteiger partial charge on any atom is 0.329 e. The minimum atomic E-state index is -1.05. The number of amides is 2. The number of nitrogens with zero attached hydrogens (tertiary/aromatic N) is 4. The van der Waals surface area contributed by atoms with Crippen LogP contribution in [0.4, 0.5) is 29.3 Å². The van der Waals surface area contributed by atoms with E-state index in [1.807, 2.05) is 11.0 Å². The van der Waals surface area contributed by atoms with Gasteiger partial charge in [0, 0.05) is 55.0 Å². The lowest BCUT2D eigenvalue weighted by molar-refractivity contribution is 0.0668.